The average molecular weight is 364 g/mol. The van der Waals surface area contributed by atoms with Crippen LogP contribution in [0.3, 0.4) is 0 Å². The van der Waals surface area contributed by atoms with E-state index < -0.39 is 0 Å². The standard InChI is InChI=1S/C23H29N3O/c27-23(21-9-5-2-6-10-21)26-13-11-22(12-14-26)25-17-15-24(16-18-25)19-20-7-3-1-4-8-20/h1-10,22H,11-19H2. The number of piperidine rings is 1. The Morgan fingerprint density at radius 1 is 0.778 bits per heavy atom. The summed E-state index contributed by atoms with van der Waals surface area (Å²) in [6.45, 7) is 7.37. The Morgan fingerprint density at radius 3 is 2.00 bits per heavy atom. The smallest absolute Gasteiger partial charge is 0.253 e. The predicted molar refractivity (Wildman–Crippen MR) is 109 cm³/mol. The molecule has 0 spiro atoms. The number of nitrogens with zero attached hydrogens (tertiary/aromatic N) is 3. The minimum atomic E-state index is 0.182. The second-order valence-electron chi connectivity index (χ2n) is 7.69. The van der Waals surface area contributed by atoms with Gasteiger partial charge in [0.25, 0.3) is 5.91 Å². The van der Waals surface area contributed by atoms with Gasteiger partial charge in [-0.25, -0.2) is 0 Å². The molecule has 2 heterocycles. The number of carbonyl (C=O) groups excluding carboxylic acids is 1. The summed E-state index contributed by atoms with van der Waals surface area (Å²) in [5, 5.41) is 0. The molecule has 2 aliphatic heterocycles. The van der Waals surface area contributed by atoms with Crippen molar-refractivity contribution in [1.29, 1.82) is 0 Å². The summed E-state index contributed by atoms with van der Waals surface area (Å²) in [6, 6.07) is 21.1. The maximum absolute atomic E-state index is 12.6. The predicted octanol–water partition coefficient (Wildman–Crippen LogP) is 3.11. The highest BCUT2D eigenvalue weighted by atomic mass is 16.2. The van der Waals surface area contributed by atoms with Crippen molar-refractivity contribution in [2.45, 2.75) is 25.4 Å². The Bertz CT molecular complexity index is 718. The van der Waals surface area contributed by atoms with E-state index >= 15 is 0 Å². The largest absolute Gasteiger partial charge is 0.339 e. The van der Waals surface area contributed by atoms with Crippen LogP contribution in [0.5, 0.6) is 0 Å². The van der Waals surface area contributed by atoms with Gasteiger partial charge in [0.15, 0.2) is 0 Å². The van der Waals surface area contributed by atoms with Gasteiger partial charge in [0.05, 0.1) is 0 Å². The lowest BCUT2D eigenvalue weighted by Crippen LogP contribution is -2.53. The molecule has 2 aliphatic rings. The molecule has 0 saturated carbocycles. The zero-order chi connectivity index (χ0) is 18.5. The molecule has 2 aromatic carbocycles. The third kappa shape index (κ3) is 4.57. The van der Waals surface area contributed by atoms with Crippen molar-refractivity contribution in [1.82, 2.24) is 14.7 Å². The number of likely N-dealkylation sites (tertiary alicyclic amines) is 1. The molecule has 1 amide bonds. The fourth-order valence-electron chi connectivity index (χ4n) is 4.33. The molecule has 0 radical (unpaired) electrons. The zero-order valence-corrected chi connectivity index (χ0v) is 16.0. The first-order valence-corrected chi connectivity index (χ1v) is 10.1. The molecule has 0 atom stereocenters. The van der Waals surface area contributed by atoms with E-state index in [1.165, 1.54) is 5.56 Å². The summed E-state index contributed by atoms with van der Waals surface area (Å²) in [5.74, 6) is 0.182. The van der Waals surface area contributed by atoms with E-state index in [9.17, 15) is 4.79 Å². The molecule has 2 aromatic rings. The summed E-state index contributed by atoms with van der Waals surface area (Å²) in [4.78, 5) is 19.8. The van der Waals surface area contributed by atoms with Crippen molar-refractivity contribution in [3.8, 4) is 0 Å². The van der Waals surface area contributed by atoms with Crippen molar-refractivity contribution < 1.29 is 4.79 Å². The third-order valence-electron chi connectivity index (χ3n) is 5.94. The Kier molecular flexibility index (Phi) is 5.85. The van der Waals surface area contributed by atoms with Gasteiger partial charge in [-0.15, -0.1) is 0 Å². The average Bonchev–Trinajstić information content (AvgIpc) is 2.75. The number of piperazine rings is 1. The van der Waals surface area contributed by atoms with E-state index in [-0.39, 0.29) is 5.91 Å². The summed E-state index contributed by atoms with van der Waals surface area (Å²) < 4.78 is 0. The van der Waals surface area contributed by atoms with Crippen LogP contribution in [-0.4, -0.2) is 65.9 Å². The van der Waals surface area contributed by atoms with Gasteiger partial charge >= 0.3 is 0 Å². The molecule has 4 heteroatoms. The molecule has 4 nitrogen and oxygen atoms in total. The lowest BCUT2D eigenvalue weighted by molar-refractivity contribution is 0.0468. The van der Waals surface area contributed by atoms with Crippen LogP contribution in [0.2, 0.25) is 0 Å². The van der Waals surface area contributed by atoms with Crippen molar-refractivity contribution in [2.75, 3.05) is 39.3 Å². The number of amides is 1. The van der Waals surface area contributed by atoms with Gasteiger partial charge in [-0.2, -0.15) is 0 Å². The number of hydrogen-bond acceptors (Lipinski definition) is 3. The van der Waals surface area contributed by atoms with Gasteiger partial charge in [-0.05, 0) is 30.5 Å². The van der Waals surface area contributed by atoms with Crippen LogP contribution in [0.15, 0.2) is 60.7 Å². The normalized spacial score (nSPS) is 19.9. The quantitative estimate of drug-likeness (QED) is 0.835. The maximum atomic E-state index is 12.6. The van der Waals surface area contributed by atoms with Gasteiger partial charge in [-0.1, -0.05) is 48.5 Å². The molecule has 0 bridgehead atoms. The van der Waals surface area contributed by atoms with Crippen LogP contribution in [0.25, 0.3) is 0 Å². The van der Waals surface area contributed by atoms with E-state index in [1.807, 2.05) is 35.2 Å². The fraction of sp³-hybridized carbons (Fsp3) is 0.435. The number of benzene rings is 2. The molecule has 2 saturated heterocycles. The summed E-state index contributed by atoms with van der Waals surface area (Å²) in [6.07, 6.45) is 2.19. The first-order chi connectivity index (χ1) is 13.3. The molecule has 0 unspecified atom stereocenters. The molecule has 2 fully saturated rings. The molecular formula is C23H29N3O. The van der Waals surface area contributed by atoms with Crippen LogP contribution in [0, 0.1) is 0 Å². The second-order valence-corrected chi connectivity index (χ2v) is 7.69. The lowest BCUT2D eigenvalue weighted by atomic mass is 10.0. The van der Waals surface area contributed by atoms with E-state index in [1.54, 1.807) is 0 Å². The van der Waals surface area contributed by atoms with Gasteiger partial charge in [-0.3, -0.25) is 14.6 Å². The highest BCUT2D eigenvalue weighted by Gasteiger charge is 2.29. The topological polar surface area (TPSA) is 26.8 Å². The Hall–Kier alpha value is -2.17. The first-order valence-electron chi connectivity index (χ1n) is 10.1. The van der Waals surface area contributed by atoms with E-state index in [0.717, 1.165) is 64.2 Å². The third-order valence-corrected chi connectivity index (χ3v) is 5.94. The number of carbonyl (C=O) groups is 1. The van der Waals surface area contributed by atoms with Crippen molar-refractivity contribution in [2.24, 2.45) is 0 Å². The molecule has 0 aromatic heterocycles. The van der Waals surface area contributed by atoms with Crippen molar-refractivity contribution in [3.05, 3.63) is 71.8 Å². The number of rotatable bonds is 4. The lowest BCUT2D eigenvalue weighted by Gasteiger charge is -2.42. The summed E-state index contributed by atoms with van der Waals surface area (Å²) in [5.41, 5.74) is 2.21. The monoisotopic (exact) mass is 363 g/mol. The number of hydrogen-bond donors (Lipinski definition) is 0. The van der Waals surface area contributed by atoms with Crippen LogP contribution in [0.1, 0.15) is 28.8 Å². The van der Waals surface area contributed by atoms with Gasteiger partial charge in [0.1, 0.15) is 0 Å². The molecule has 27 heavy (non-hydrogen) atoms. The fourth-order valence-corrected chi connectivity index (χ4v) is 4.33. The maximum Gasteiger partial charge on any atom is 0.253 e. The Labute approximate surface area is 162 Å². The van der Waals surface area contributed by atoms with Crippen LogP contribution >= 0.6 is 0 Å². The molecular weight excluding hydrogens is 334 g/mol. The molecule has 0 N–H and O–H groups in total. The van der Waals surface area contributed by atoms with Crippen LogP contribution < -0.4 is 0 Å². The highest BCUT2D eigenvalue weighted by molar-refractivity contribution is 5.94. The van der Waals surface area contributed by atoms with Gasteiger partial charge < -0.3 is 4.90 Å². The molecule has 142 valence electrons. The van der Waals surface area contributed by atoms with Crippen molar-refractivity contribution in [3.63, 3.8) is 0 Å². The SMILES string of the molecule is O=C(c1ccccc1)N1CCC(N2CCN(Cc3ccccc3)CC2)CC1. The van der Waals surface area contributed by atoms with Gasteiger partial charge in [0, 0.05) is 57.4 Å². The zero-order valence-electron chi connectivity index (χ0n) is 16.0. The highest BCUT2D eigenvalue weighted by Crippen LogP contribution is 2.20. The van der Waals surface area contributed by atoms with Crippen LogP contribution in [0.4, 0.5) is 0 Å². The Morgan fingerprint density at radius 2 is 1.37 bits per heavy atom. The van der Waals surface area contributed by atoms with E-state index in [2.05, 4.69) is 40.1 Å². The van der Waals surface area contributed by atoms with Crippen LogP contribution in [-0.2, 0) is 6.54 Å². The van der Waals surface area contributed by atoms with Crippen molar-refractivity contribution >= 4 is 5.91 Å². The van der Waals surface area contributed by atoms with E-state index in [0.29, 0.717) is 6.04 Å². The second kappa shape index (κ2) is 8.68. The minimum absolute atomic E-state index is 0.182. The molecule has 4 rings (SSSR count). The summed E-state index contributed by atoms with van der Waals surface area (Å²) in [7, 11) is 0. The van der Waals surface area contributed by atoms with Gasteiger partial charge in [0.2, 0.25) is 0 Å². The Balaban J connectivity index is 1.23. The summed E-state index contributed by atoms with van der Waals surface area (Å²) >= 11 is 0. The van der Waals surface area contributed by atoms with E-state index in [4.69, 9.17) is 0 Å². The first kappa shape index (κ1) is 18.2. The minimum Gasteiger partial charge on any atom is -0.339 e. The molecule has 0 aliphatic carbocycles.